The molecule has 0 unspecified atom stereocenters. The van der Waals surface area contributed by atoms with Gasteiger partial charge in [0.2, 0.25) is 11.8 Å². The number of nitrogens with zero attached hydrogens (tertiary/aromatic N) is 4. The van der Waals surface area contributed by atoms with Crippen molar-refractivity contribution in [3.05, 3.63) is 40.8 Å². The van der Waals surface area contributed by atoms with Crippen LogP contribution in [0, 0.1) is 19.7 Å². The van der Waals surface area contributed by atoms with E-state index in [2.05, 4.69) is 20.3 Å². The van der Waals surface area contributed by atoms with Crippen LogP contribution in [0.4, 0.5) is 34.0 Å². The lowest BCUT2D eigenvalue weighted by molar-refractivity contribution is 0.0124. The summed E-state index contributed by atoms with van der Waals surface area (Å²) in [6.07, 6.45) is -0.314. The molecule has 1 saturated heterocycles. The maximum atomic E-state index is 14.7. The third-order valence-electron chi connectivity index (χ3n) is 5.93. The molecule has 2 atom stereocenters. The van der Waals surface area contributed by atoms with Gasteiger partial charge < -0.3 is 19.7 Å². The van der Waals surface area contributed by atoms with Crippen molar-refractivity contribution >= 4 is 39.1 Å². The summed E-state index contributed by atoms with van der Waals surface area (Å²) in [5, 5.41) is 3.65. The minimum absolute atomic E-state index is 0.0325. The van der Waals surface area contributed by atoms with Gasteiger partial charge >= 0.3 is 11.9 Å². The van der Waals surface area contributed by atoms with Gasteiger partial charge in [0, 0.05) is 31.3 Å². The van der Waals surface area contributed by atoms with Crippen LogP contribution in [0.25, 0.3) is 10.6 Å². The molecule has 17 heteroatoms. The number of nitrogens with one attached hydrogen (secondary N) is 2. The van der Waals surface area contributed by atoms with Crippen molar-refractivity contribution in [1.29, 1.82) is 0 Å². The lowest BCUT2D eigenvalue weighted by Gasteiger charge is -2.36. The van der Waals surface area contributed by atoms with E-state index < -0.39 is 51.2 Å². The highest BCUT2D eigenvalue weighted by molar-refractivity contribution is 7.93. The molecule has 0 spiro atoms. The number of hydrogen-bond acceptors (Lipinski definition) is 10. The minimum atomic E-state index is -5.08. The molecule has 3 aromatic rings. The van der Waals surface area contributed by atoms with E-state index in [0.717, 1.165) is 12.1 Å². The van der Waals surface area contributed by atoms with Crippen LogP contribution in [0.1, 0.15) is 37.8 Å². The van der Waals surface area contributed by atoms with Crippen LogP contribution in [-0.4, -0.2) is 71.0 Å². The fourth-order valence-corrected chi connectivity index (χ4v) is 5.52. The van der Waals surface area contributed by atoms with Gasteiger partial charge in [-0.05, 0) is 52.3 Å². The lowest BCUT2D eigenvalue weighted by atomic mass is 10.0. The second kappa shape index (κ2) is 12.5. The van der Waals surface area contributed by atoms with E-state index in [4.69, 9.17) is 9.47 Å². The Bertz CT molecular complexity index is 1600. The summed E-state index contributed by atoms with van der Waals surface area (Å²) < 4.78 is 90.4. The number of hydrogen-bond donors (Lipinski definition) is 2. The summed E-state index contributed by atoms with van der Waals surface area (Å²) in [5.74, 6) is -4.68. The minimum Gasteiger partial charge on any atom is -0.444 e. The van der Waals surface area contributed by atoms with Crippen molar-refractivity contribution in [2.75, 3.05) is 23.1 Å². The number of rotatable bonds is 8. The molecule has 1 amide bonds. The number of piperidine rings is 1. The molecule has 1 fully saturated rings. The molecular formula is C26H30F4N6O5S2. The van der Waals surface area contributed by atoms with E-state index in [-0.39, 0.29) is 42.7 Å². The van der Waals surface area contributed by atoms with Gasteiger partial charge in [0.05, 0.1) is 22.9 Å². The van der Waals surface area contributed by atoms with E-state index in [1.54, 1.807) is 33.8 Å². The molecule has 43 heavy (non-hydrogen) atoms. The Kier molecular flexibility index (Phi) is 9.34. The van der Waals surface area contributed by atoms with Crippen molar-refractivity contribution in [2.45, 2.75) is 64.6 Å². The standard InChI is InChI=1S/C26H30F4N6O5S2/c1-13-8-19(35-43(38,39)23(29)30)17(28)10-20(13)40-22-21(42-14(2)32-22)18-6-7-31-24(34-18)33-16-9-15(27)11-36(12-16)25(37)41-26(3,4)5/h6-8,10,15-16,23,35H,9,11-12H2,1-5H3,(H,31,33,34)/t15-,16-/m0/s1. The topological polar surface area (TPSA) is 136 Å². The van der Waals surface area contributed by atoms with E-state index in [9.17, 15) is 30.8 Å². The van der Waals surface area contributed by atoms with Crippen LogP contribution < -0.4 is 14.8 Å². The fraction of sp³-hybridized carbons (Fsp3) is 0.462. The van der Waals surface area contributed by atoms with Gasteiger partial charge in [0.25, 0.3) is 10.0 Å². The van der Waals surface area contributed by atoms with E-state index in [1.165, 1.54) is 34.1 Å². The summed E-state index contributed by atoms with van der Waals surface area (Å²) in [6, 6.07) is 2.97. The molecule has 234 valence electrons. The van der Waals surface area contributed by atoms with Crippen molar-refractivity contribution in [3.8, 4) is 22.2 Å². The average molecular weight is 647 g/mol. The predicted octanol–water partition coefficient (Wildman–Crippen LogP) is 5.87. The Labute approximate surface area is 249 Å². The second-order valence-electron chi connectivity index (χ2n) is 10.8. The molecular weight excluding hydrogens is 616 g/mol. The zero-order valence-electron chi connectivity index (χ0n) is 23.8. The maximum absolute atomic E-state index is 14.7. The highest BCUT2D eigenvalue weighted by atomic mass is 32.2. The normalized spacial score (nSPS) is 17.6. The number of thiazole rings is 1. The highest BCUT2D eigenvalue weighted by Gasteiger charge is 2.33. The molecule has 11 nitrogen and oxygen atoms in total. The summed E-state index contributed by atoms with van der Waals surface area (Å²) >= 11 is 1.22. The molecule has 0 saturated carbocycles. The van der Waals surface area contributed by atoms with Crippen molar-refractivity contribution in [2.24, 2.45) is 0 Å². The highest BCUT2D eigenvalue weighted by Crippen LogP contribution is 2.39. The first-order valence-corrected chi connectivity index (χ1v) is 15.3. The molecule has 3 heterocycles. The number of ether oxygens (including phenoxy) is 2. The van der Waals surface area contributed by atoms with E-state index in [1.807, 2.05) is 0 Å². The number of amides is 1. The van der Waals surface area contributed by atoms with Gasteiger partial charge in [-0.25, -0.2) is 36.9 Å². The van der Waals surface area contributed by atoms with Gasteiger partial charge in [-0.3, -0.25) is 4.72 Å². The molecule has 4 rings (SSSR count). The van der Waals surface area contributed by atoms with Gasteiger partial charge in [-0.15, -0.1) is 11.3 Å². The first-order valence-electron chi connectivity index (χ1n) is 13.0. The fourth-order valence-electron chi connectivity index (χ4n) is 4.15. The molecule has 1 aromatic carbocycles. The summed E-state index contributed by atoms with van der Waals surface area (Å²) in [4.78, 5) is 27.3. The number of aryl methyl sites for hydroxylation is 2. The van der Waals surface area contributed by atoms with Gasteiger partial charge in [0.15, 0.2) is 5.82 Å². The Hall–Kier alpha value is -3.73. The van der Waals surface area contributed by atoms with E-state index >= 15 is 0 Å². The molecule has 0 bridgehead atoms. The quantitative estimate of drug-likeness (QED) is 0.288. The number of sulfonamides is 1. The van der Waals surface area contributed by atoms with Gasteiger partial charge in [-0.1, -0.05) is 0 Å². The Balaban J connectivity index is 1.53. The van der Waals surface area contributed by atoms with Crippen molar-refractivity contribution in [3.63, 3.8) is 0 Å². The molecule has 1 aliphatic rings. The molecule has 0 radical (unpaired) electrons. The number of carbonyl (C=O) groups is 1. The van der Waals surface area contributed by atoms with Crippen LogP contribution >= 0.6 is 11.3 Å². The second-order valence-corrected chi connectivity index (χ2v) is 13.7. The number of anilines is 2. The Morgan fingerprint density at radius 3 is 2.58 bits per heavy atom. The first-order chi connectivity index (χ1) is 20.0. The van der Waals surface area contributed by atoms with Crippen LogP contribution in [0.2, 0.25) is 0 Å². The van der Waals surface area contributed by atoms with Gasteiger partial charge in [0.1, 0.15) is 22.4 Å². The molecule has 2 N–H and O–H groups in total. The summed E-state index contributed by atoms with van der Waals surface area (Å²) in [7, 11) is -5.08. The third-order valence-corrected chi connectivity index (χ3v) is 7.88. The maximum Gasteiger partial charge on any atom is 0.410 e. The van der Waals surface area contributed by atoms with Crippen molar-refractivity contribution < 1.29 is 40.2 Å². The Morgan fingerprint density at radius 1 is 1.19 bits per heavy atom. The molecule has 1 aliphatic heterocycles. The molecule has 0 aliphatic carbocycles. The Morgan fingerprint density at radius 2 is 1.91 bits per heavy atom. The SMILES string of the molecule is Cc1nc(Oc2cc(F)c(NS(=O)(=O)C(F)F)cc2C)c(-c2ccnc(N[C@H]3C[C@H](F)CN(C(=O)OC(C)(C)C)C3)n2)s1. The predicted molar refractivity (Wildman–Crippen MR) is 152 cm³/mol. The number of benzene rings is 1. The van der Waals surface area contributed by atoms with Crippen molar-refractivity contribution in [1.82, 2.24) is 19.9 Å². The lowest BCUT2D eigenvalue weighted by Crippen LogP contribution is -2.51. The van der Waals surface area contributed by atoms with Crippen LogP contribution in [0.5, 0.6) is 11.6 Å². The van der Waals surface area contributed by atoms with Crippen LogP contribution in [0.15, 0.2) is 24.4 Å². The number of alkyl halides is 3. The summed E-state index contributed by atoms with van der Waals surface area (Å²) in [6.45, 7) is 8.45. The number of halogens is 4. The number of likely N-dealkylation sites (tertiary alicyclic amines) is 1. The third kappa shape index (κ3) is 8.22. The van der Waals surface area contributed by atoms with Crippen LogP contribution in [0.3, 0.4) is 0 Å². The average Bonchev–Trinajstić information content (AvgIpc) is 3.25. The summed E-state index contributed by atoms with van der Waals surface area (Å²) in [5.41, 5.74) is -0.766. The van der Waals surface area contributed by atoms with Gasteiger partial charge in [-0.2, -0.15) is 8.78 Å². The largest absolute Gasteiger partial charge is 0.444 e. The number of carbonyl (C=O) groups excluding carboxylic acids is 1. The zero-order chi connectivity index (χ0) is 31.7. The first kappa shape index (κ1) is 32.2. The monoisotopic (exact) mass is 646 g/mol. The zero-order valence-corrected chi connectivity index (χ0v) is 25.5. The molecule has 2 aromatic heterocycles. The van der Waals surface area contributed by atoms with Crippen LogP contribution in [-0.2, 0) is 14.8 Å². The van der Waals surface area contributed by atoms with E-state index in [0.29, 0.717) is 15.6 Å². The number of aromatic nitrogens is 3. The smallest absolute Gasteiger partial charge is 0.410 e.